The molecule has 3 atom stereocenters. The SMILES string of the molecule is C[C@@H](O)[C@H](NC(=O)CC(O)CNC(=O)OCC1c2ccccc2-c2ccccc21)C(=O)O. The van der Waals surface area contributed by atoms with E-state index in [1.54, 1.807) is 0 Å². The highest BCUT2D eigenvalue weighted by Gasteiger charge is 2.29. The lowest BCUT2D eigenvalue weighted by Gasteiger charge is -2.18. The van der Waals surface area contributed by atoms with Gasteiger partial charge in [-0.25, -0.2) is 9.59 Å². The van der Waals surface area contributed by atoms with Crippen LogP contribution in [0.25, 0.3) is 11.1 Å². The fourth-order valence-electron chi connectivity index (χ4n) is 3.76. The van der Waals surface area contributed by atoms with Crippen molar-refractivity contribution in [3.63, 3.8) is 0 Å². The minimum absolute atomic E-state index is 0.0997. The van der Waals surface area contributed by atoms with Crippen molar-refractivity contribution in [2.24, 2.45) is 0 Å². The second kappa shape index (κ2) is 10.3. The van der Waals surface area contributed by atoms with E-state index >= 15 is 0 Å². The molecule has 3 rings (SSSR count). The average molecular weight is 442 g/mol. The molecular formula is C23H26N2O7. The molecule has 9 nitrogen and oxygen atoms in total. The Hall–Kier alpha value is -3.43. The topological polar surface area (TPSA) is 145 Å². The first-order chi connectivity index (χ1) is 15.3. The molecule has 0 spiro atoms. The third-order valence-corrected chi connectivity index (χ3v) is 5.31. The lowest BCUT2D eigenvalue weighted by atomic mass is 9.98. The maximum absolute atomic E-state index is 12.1. The maximum Gasteiger partial charge on any atom is 0.407 e. The zero-order valence-corrected chi connectivity index (χ0v) is 17.5. The van der Waals surface area contributed by atoms with Crippen LogP contribution in [-0.4, -0.2) is 64.7 Å². The van der Waals surface area contributed by atoms with Crippen molar-refractivity contribution in [1.29, 1.82) is 0 Å². The van der Waals surface area contributed by atoms with Crippen LogP contribution in [0.1, 0.15) is 30.4 Å². The first kappa shape index (κ1) is 23.2. The Bertz CT molecular complexity index is 946. The van der Waals surface area contributed by atoms with Crippen molar-refractivity contribution >= 4 is 18.0 Å². The van der Waals surface area contributed by atoms with Gasteiger partial charge < -0.3 is 30.7 Å². The van der Waals surface area contributed by atoms with Gasteiger partial charge in [0.05, 0.1) is 18.6 Å². The summed E-state index contributed by atoms with van der Waals surface area (Å²) in [5, 5.41) is 32.8. The molecule has 2 aromatic carbocycles. The molecule has 0 heterocycles. The third-order valence-electron chi connectivity index (χ3n) is 5.31. The van der Waals surface area contributed by atoms with Crippen molar-refractivity contribution in [3.05, 3.63) is 59.7 Å². The zero-order chi connectivity index (χ0) is 23.3. The lowest BCUT2D eigenvalue weighted by molar-refractivity contribution is -0.145. The number of alkyl carbamates (subject to hydrolysis) is 1. The van der Waals surface area contributed by atoms with Gasteiger partial charge in [-0.1, -0.05) is 48.5 Å². The number of ether oxygens (including phenoxy) is 1. The zero-order valence-electron chi connectivity index (χ0n) is 17.5. The van der Waals surface area contributed by atoms with Gasteiger partial charge in [-0.2, -0.15) is 0 Å². The number of amides is 2. The standard InChI is InChI=1S/C23H26N2O7/c1-13(26)21(22(29)30)25-20(28)10-14(27)11-24-23(31)32-12-19-17-8-4-2-6-15(17)16-7-3-5-9-18(16)19/h2-9,13-14,19,21,26-27H,10-12H2,1H3,(H,24,31)(H,25,28)(H,29,30)/t13-,14?,21+/m1/s1. The Morgan fingerprint density at radius 3 is 2.09 bits per heavy atom. The van der Waals surface area contributed by atoms with Gasteiger partial charge in [-0.15, -0.1) is 0 Å². The summed E-state index contributed by atoms with van der Waals surface area (Å²) in [6.07, 6.45) is -3.73. The fraction of sp³-hybridized carbons (Fsp3) is 0.348. The van der Waals surface area contributed by atoms with E-state index in [0.29, 0.717) is 0 Å². The van der Waals surface area contributed by atoms with Crippen molar-refractivity contribution in [2.75, 3.05) is 13.2 Å². The smallest absolute Gasteiger partial charge is 0.407 e. The number of benzene rings is 2. The van der Waals surface area contributed by atoms with E-state index < -0.39 is 42.6 Å². The van der Waals surface area contributed by atoms with E-state index in [1.165, 1.54) is 6.92 Å². The average Bonchev–Trinajstić information content (AvgIpc) is 3.08. The number of aliphatic carboxylic acids is 1. The minimum atomic E-state index is -1.48. The highest BCUT2D eigenvalue weighted by molar-refractivity contribution is 5.84. The van der Waals surface area contributed by atoms with E-state index in [-0.39, 0.29) is 19.1 Å². The molecule has 0 radical (unpaired) electrons. The lowest BCUT2D eigenvalue weighted by Crippen LogP contribution is -2.48. The van der Waals surface area contributed by atoms with E-state index in [2.05, 4.69) is 10.6 Å². The van der Waals surface area contributed by atoms with Crippen molar-refractivity contribution in [2.45, 2.75) is 37.5 Å². The third kappa shape index (κ3) is 5.43. The highest BCUT2D eigenvalue weighted by atomic mass is 16.5. The quantitative estimate of drug-likeness (QED) is 0.393. The predicted molar refractivity (Wildman–Crippen MR) is 115 cm³/mol. The number of hydrogen-bond donors (Lipinski definition) is 5. The van der Waals surface area contributed by atoms with Gasteiger partial charge in [0.2, 0.25) is 5.91 Å². The molecule has 5 N–H and O–H groups in total. The van der Waals surface area contributed by atoms with Crippen LogP contribution in [0.15, 0.2) is 48.5 Å². The Morgan fingerprint density at radius 1 is 1.00 bits per heavy atom. The van der Waals surface area contributed by atoms with Crippen LogP contribution >= 0.6 is 0 Å². The van der Waals surface area contributed by atoms with Crippen LogP contribution in [-0.2, 0) is 14.3 Å². The molecule has 1 aliphatic rings. The summed E-state index contributed by atoms with van der Waals surface area (Å²) >= 11 is 0. The number of carboxylic acid groups (broad SMARTS) is 1. The largest absolute Gasteiger partial charge is 0.480 e. The molecule has 2 aromatic rings. The van der Waals surface area contributed by atoms with Gasteiger partial charge in [-0.05, 0) is 29.2 Å². The summed E-state index contributed by atoms with van der Waals surface area (Å²) in [5.74, 6) is -2.25. The van der Waals surface area contributed by atoms with Crippen LogP contribution in [0.5, 0.6) is 0 Å². The van der Waals surface area contributed by atoms with Crippen molar-refractivity contribution in [1.82, 2.24) is 10.6 Å². The van der Waals surface area contributed by atoms with E-state index in [1.807, 2.05) is 48.5 Å². The number of hydrogen-bond acceptors (Lipinski definition) is 6. The van der Waals surface area contributed by atoms with E-state index in [9.17, 15) is 24.6 Å². The molecule has 1 aliphatic carbocycles. The number of aliphatic hydroxyl groups excluding tert-OH is 2. The molecule has 0 aromatic heterocycles. The van der Waals surface area contributed by atoms with E-state index in [4.69, 9.17) is 9.84 Å². The number of aliphatic hydroxyl groups is 2. The number of carboxylic acids is 1. The monoisotopic (exact) mass is 442 g/mol. The van der Waals surface area contributed by atoms with Crippen LogP contribution in [0.3, 0.4) is 0 Å². The van der Waals surface area contributed by atoms with E-state index in [0.717, 1.165) is 22.3 Å². The maximum atomic E-state index is 12.1. The van der Waals surface area contributed by atoms with Crippen LogP contribution in [0.4, 0.5) is 4.79 Å². The van der Waals surface area contributed by atoms with Crippen molar-refractivity contribution < 1.29 is 34.4 Å². The summed E-state index contributed by atoms with van der Waals surface area (Å²) in [5.41, 5.74) is 4.36. The molecule has 1 unspecified atom stereocenters. The number of nitrogens with one attached hydrogen (secondary N) is 2. The highest BCUT2D eigenvalue weighted by Crippen LogP contribution is 2.44. The van der Waals surface area contributed by atoms with Gasteiger partial charge >= 0.3 is 12.1 Å². The summed E-state index contributed by atoms with van der Waals surface area (Å²) in [6, 6.07) is 14.4. The summed E-state index contributed by atoms with van der Waals surface area (Å²) in [6.45, 7) is 1.09. The van der Waals surface area contributed by atoms with Crippen LogP contribution in [0.2, 0.25) is 0 Å². The molecule has 9 heteroatoms. The van der Waals surface area contributed by atoms with Gasteiger partial charge in [0, 0.05) is 12.5 Å². The molecule has 32 heavy (non-hydrogen) atoms. The molecule has 170 valence electrons. The van der Waals surface area contributed by atoms with Gasteiger partial charge in [0.25, 0.3) is 0 Å². The van der Waals surface area contributed by atoms with Crippen LogP contribution in [0, 0.1) is 0 Å². The second-order valence-electron chi connectivity index (χ2n) is 7.69. The molecule has 2 amide bonds. The number of rotatable bonds is 9. The molecular weight excluding hydrogens is 416 g/mol. The molecule has 0 saturated heterocycles. The molecule has 0 fully saturated rings. The first-order valence-electron chi connectivity index (χ1n) is 10.2. The minimum Gasteiger partial charge on any atom is -0.480 e. The second-order valence-corrected chi connectivity index (χ2v) is 7.69. The summed E-state index contributed by atoms with van der Waals surface area (Å²) < 4.78 is 5.35. The fourth-order valence-corrected chi connectivity index (χ4v) is 3.76. The number of carbonyl (C=O) groups is 3. The van der Waals surface area contributed by atoms with Crippen molar-refractivity contribution in [3.8, 4) is 11.1 Å². The first-order valence-corrected chi connectivity index (χ1v) is 10.2. The van der Waals surface area contributed by atoms with Gasteiger partial charge in [0.15, 0.2) is 6.04 Å². The molecule has 0 bridgehead atoms. The number of fused-ring (bicyclic) bond motifs is 3. The normalized spacial score (nSPS) is 15.1. The Balaban J connectivity index is 1.48. The molecule has 0 aliphatic heterocycles. The molecule has 0 saturated carbocycles. The van der Waals surface area contributed by atoms with Gasteiger partial charge in [-0.3, -0.25) is 4.79 Å². The van der Waals surface area contributed by atoms with Gasteiger partial charge in [0.1, 0.15) is 6.61 Å². The Kier molecular flexibility index (Phi) is 7.45. The Morgan fingerprint density at radius 2 is 1.56 bits per heavy atom. The Labute approximate surface area is 185 Å². The van der Waals surface area contributed by atoms with Crippen LogP contribution < -0.4 is 10.6 Å². The predicted octanol–water partition coefficient (Wildman–Crippen LogP) is 1.23. The summed E-state index contributed by atoms with van der Waals surface area (Å²) in [4.78, 5) is 35.0. The number of carbonyl (C=O) groups excluding carboxylic acids is 2. The summed E-state index contributed by atoms with van der Waals surface area (Å²) in [7, 11) is 0.